The van der Waals surface area contributed by atoms with Crippen LogP contribution in [0.3, 0.4) is 0 Å². The zero-order valence-corrected chi connectivity index (χ0v) is 16.1. The topological polar surface area (TPSA) is 52.9 Å². The van der Waals surface area contributed by atoms with Gasteiger partial charge < -0.3 is 5.32 Å². The van der Waals surface area contributed by atoms with Gasteiger partial charge in [-0.05, 0) is 24.3 Å². The van der Waals surface area contributed by atoms with Crippen LogP contribution in [-0.4, -0.2) is 53.5 Å². The fourth-order valence-electron chi connectivity index (χ4n) is 2.14. The molecule has 1 rings (SSSR count). The number of carbonyl (C=O) groups excluding carboxylic acids is 1. The SMILES string of the molecule is N#Cc1ccc(NC(=O)C(F)(F)C(F)(F)C(F)(F)C(F)(F)C(F)(F)C(F)(F)C(F)(F)C(F)(F)F)cc1. The molecule has 0 aliphatic rings. The van der Waals surface area contributed by atoms with Gasteiger partial charge in [0.05, 0.1) is 11.6 Å². The molecule has 20 heteroatoms. The summed E-state index contributed by atoms with van der Waals surface area (Å²) in [6.07, 6.45) is -7.85. The number of anilines is 1. The van der Waals surface area contributed by atoms with Gasteiger partial charge >= 0.3 is 53.5 Å². The van der Waals surface area contributed by atoms with E-state index in [9.17, 15) is 79.4 Å². The molecule has 0 spiro atoms. The van der Waals surface area contributed by atoms with Gasteiger partial charge in [0.25, 0.3) is 0 Å². The highest BCUT2D eigenvalue weighted by Crippen LogP contribution is 2.63. The quantitative estimate of drug-likeness (QED) is 0.367. The first-order valence-electron chi connectivity index (χ1n) is 8.21. The van der Waals surface area contributed by atoms with E-state index in [1.54, 1.807) is 0 Å². The van der Waals surface area contributed by atoms with E-state index in [2.05, 4.69) is 0 Å². The normalized spacial score (nSPS) is 14.9. The maximum Gasteiger partial charge on any atom is 0.460 e. The van der Waals surface area contributed by atoms with E-state index in [1.165, 1.54) is 6.07 Å². The van der Waals surface area contributed by atoms with E-state index in [0.717, 1.165) is 0 Å². The summed E-state index contributed by atoms with van der Waals surface area (Å²) in [6, 6.07) is 3.77. The fourth-order valence-corrected chi connectivity index (χ4v) is 2.14. The van der Waals surface area contributed by atoms with Crippen LogP contribution < -0.4 is 5.32 Å². The lowest BCUT2D eigenvalue weighted by Gasteiger charge is -2.42. The van der Waals surface area contributed by atoms with Gasteiger partial charge in [-0.3, -0.25) is 4.79 Å². The number of amides is 1. The van der Waals surface area contributed by atoms with Crippen molar-refractivity contribution in [2.75, 3.05) is 5.32 Å². The predicted molar refractivity (Wildman–Crippen MR) is 80.5 cm³/mol. The zero-order chi connectivity index (χ0) is 29.0. The zero-order valence-electron chi connectivity index (χ0n) is 16.1. The summed E-state index contributed by atoms with van der Waals surface area (Å²) in [6.45, 7) is 0. The Hall–Kier alpha value is -3.01. The van der Waals surface area contributed by atoms with Crippen molar-refractivity contribution in [2.24, 2.45) is 0 Å². The number of halogens is 17. The number of nitrogens with zero attached hydrogens (tertiary/aromatic N) is 1. The largest absolute Gasteiger partial charge is 0.460 e. The highest BCUT2D eigenvalue weighted by molar-refractivity contribution is 5.97. The Bertz CT molecular complexity index is 1020. The molecular formula is C16H5F17N2O. The molecule has 0 bridgehead atoms. The standard InChI is InChI=1S/C16H5F17N2O/c17-9(18,8(36)35-7-3-1-6(5-34)2-4-7)10(19,20)11(21,22)12(23,24)13(25,26)14(27,28)15(29,30)16(31,32)33/h1-4H,(H,35,36). The smallest absolute Gasteiger partial charge is 0.321 e. The van der Waals surface area contributed by atoms with Gasteiger partial charge in [0, 0.05) is 5.69 Å². The summed E-state index contributed by atoms with van der Waals surface area (Å²) < 4.78 is 224. The van der Waals surface area contributed by atoms with Gasteiger partial charge in [0.15, 0.2) is 0 Å². The number of nitriles is 1. The minimum Gasteiger partial charge on any atom is -0.321 e. The predicted octanol–water partition coefficient (Wildman–Crippen LogP) is 6.51. The van der Waals surface area contributed by atoms with Crippen molar-refractivity contribution in [2.45, 2.75) is 47.6 Å². The molecule has 0 unspecified atom stereocenters. The Kier molecular flexibility index (Phi) is 7.36. The van der Waals surface area contributed by atoms with Gasteiger partial charge in [-0.1, -0.05) is 0 Å². The van der Waals surface area contributed by atoms with Crippen LogP contribution in [0.2, 0.25) is 0 Å². The van der Waals surface area contributed by atoms with Crippen molar-refractivity contribution in [1.82, 2.24) is 0 Å². The molecule has 1 aromatic rings. The first kappa shape index (κ1) is 31.0. The van der Waals surface area contributed by atoms with Crippen LogP contribution in [0.5, 0.6) is 0 Å². The van der Waals surface area contributed by atoms with E-state index in [-0.39, 0.29) is 5.56 Å². The highest BCUT2D eigenvalue weighted by atomic mass is 19.4. The van der Waals surface area contributed by atoms with Crippen LogP contribution in [0.25, 0.3) is 0 Å². The van der Waals surface area contributed by atoms with Gasteiger partial charge in [0.2, 0.25) is 0 Å². The van der Waals surface area contributed by atoms with Crippen molar-refractivity contribution >= 4 is 11.6 Å². The molecule has 0 heterocycles. The molecule has 1 N–H and O–H groups in total. The minimum absolute atomic E-state index is 0.268. The van der Waals surface area contributed by atoms with Gasteiger partial charge in [0.1, 0.15) is 0 Å². The number of alkyl halides is 17. The molecule has 0 fully saturated rings. The summed E-state index contributed by atoms with van der Waals surface area (Å²) in [4.78, 5) is 11.4. The summed E-state index contributed by atoms with van der Waals surface area (Å²) in [5.41, 5.74) is -1.29. The first-order chi connectivity index (χ1) is 15.7. The molecule has 36 heavy (non-hydrogen) atoms. The lowest BCUT2D eigenvalue weighted by Crippen LogP contribution is -2.75. The third-order valence-corrected chi connectivity index (χ3v) is 4.28. The van der Waals surface area contributed by atoms with Crippen molar-refractivity contribution in [1.29, 1.82) is 5.26 Å². The van der Waals surface area contributed by atoms with Crippen molar-refractivity contribution < 1.29 is 79.4 Å². The molecule has 0 saturated heterocycles. The number of benzene rings is 1. The lowest BCUT2D eigenvalue weighted by atomic mass is 9.89. The summed E-state index contributed by atoms with van der Waals surface area (Å²) in [5, 5.41) is 9.21. The Labute approximate surface area is 186 Å². The van der Waals surface area contributed by atoms with E-state index >= 15 is 0 Å². The number of nitrogens with one attached hydrogen (secondary N) is 1. The number of hydrogen-bond acceptors (Lipinski definition) is 2. The Morgan fingerprint density at radius 1 is 0.583 bits per heavy atom. The molecule has 0 saturated carbocycles. The molecule has 0 atom stereocenters. The van der Waals surface area contributed by atoms with E-state index in [1.807, 2.05) is 0 Å². The van der Waals surface area contributed by atoms with Crippen LogP contribution in [-0.2, 0) is 4.79 Å². The molecule has 1 amide bonds. The summed E-state index contributed by atoms with van der Waals surface area (Å²) in [7, 11) is 0. The van der Waals surface area contributed by atoms with Crippen LogP contribution in [0.4, 0.5) is 80.3 Å². The third kappa shape index (κ3) is 4.15. The molecule has 0 aliphatic carbocycles. The van der Waals surface area contributed by atoms with Gasteiger partial charge in [-0.25, -0.2) is 0 Å². The Morgan fingerprint density at radius 2 is 0.917 bits per heavy atom. The fraction of sp³-hybridized carbons (Fsp3) is 0.500. The van der Waals surface area contributed by atoms with Crippen LogP contribution in [0.1, 0.15) is 5.56 Å². The summed E-state index contributed by atoms with van der Waals surface area (Å²) in [5.74, 6) is -62.0. The maximum atomic E-state index is 13.8. The maximum absolute atomic E-state index is 13.8. The van der Waals surface area contributed by atoms with Crippen LogP contribution in [0.15, 0.2) is 24.3 Å². The van der Waals surface area contributed by atoms with Crippen LogP contribution >= 0.6 is 0 Å². The van der Waals surface area contributed by atoms with Gasteiger partial charge in [-0.2, -0.15) is 79.9 Å². The van der Waals surface area contributed by atoms with Gasteiger partial charge in [-0.15, -0.1) is 0 Å². The first-order valence-corrected chi connectivity index (χ1v) is 8.21. The van der Waals surface area contributed by atoms with Crippen molar-refractivity contribution in [3.05, 3.63) is 29.8 Å². The molecule has 0 aromatic heterocycles. The number of hydrogen-bond donors (Lipinski definition) is 1. The van der Waals surface area contributed by atoms with Crippen molar-refractivity contribution in [3.8, 4) is 6.07 Å². The average Bonchev–Trinajstić information content (AvgIpc) is 2.72. The molecule has 0 aliphatic heterocycles. The molecule has 1 aromatic carbocycles. The highest BCUT2D eigenvalue weighted by Gasteiger charge is 2.95. The van der Waals surface area contributed by atoms with E-state index in [0.29, 0.717) is 29.6 Å². The van der Waals surface area contributed by atoms with Crippen molar-refractivity contribution in [3.63, 3.8) is 0 Å². The Balaban J connectivity index is 3.55. The third-order valence-electron chi connectivity index (χ3n) is 4.28. The van der Waals surface area contributed by atoms with E-state index < -0.39 is 59.2 Å². The second-order valence-electron chi connectivity index (χ2n) is 6.66. The lowest BCUT2D eigenvalue weighted by molar-refractivity contribution is -0.459. The molecule has 204 valence electrons. The van der Waals surface area contributed by atoms with Crippen LogP contribution in [0, 0.1) is 11.3 Å². The number of carbonyl (C=O) groups is 1. The summed E-state index contributed by atoms with van der Waals surface area (Å²) >= 11 is 0. The molecule has 3 nitrogen and oxygen atoms in total. The van der Waals surface area contributed by atoms with E-state index in [4.69, 9.17) is 5.26 Å². The Morgan fingerprint density at radius 3 is 1.25 bits per heavy atom. The molecule has 0 radical (unpaired) electrons. The average molecular weight is 564 g/mol. The molecular weight excluding hydrogens is 559 g/mol. The number of rotatable bonds is 8. The second kappa shape index (κ2) is 8.54. The monoisotopic (exact) mass is 564 g/mol. The second-order valence-corrected chi connectivity index (χ2v) is 6.66. The minimum atomic E-state index is -8.77.